The zero-order valence-corrected chi connectivity index (χ0v) is 16.3. The third-order valence-corrected chi connectivity index (χ3v) is 4.86. The van der Waals surface area contributed by atoms with Gasteiger partial charge in [-0.1, -0.05) is 46.2 Å². The summed E-state index contributed by atoms with van der Waals surface area (Å²) >= 11 is 0. The molecule has 1 rings (SSSR count). The zero-order chi connectivity index (χ0) is 18.2. The van der Waals surface area contributed by atoms with Crippen LogP contribution in [0.3, 0.4) is 0 Å². The van der Waals surface area contributed by atoms with Crippen molar-refractivity contribution >= 4 is 5.97 Å². The lowest BCUT2D eigenvalue weighted by atomic mass is 9.72. The molecule has 0 heterocycles. The fourth-order valence-electron chi connectivity index (χ4n) is 2.72. The molecule has 3 nitrogen and oxygen atoms in total. The second-order valence-electron chi connectivity index (χ2n) is 7.27. The van der Waals surface area contributed by atoms with Crippen molar-refractivity contribution in [3.63, 3.8) is 0 Å². The predicted molar refractivity (Wildman–Crippen MR) is 99.5 cm³/mol. The number of benzene rings is 1. The van der Waals surface area contributed by atoms with Crippen molar-refractivity contribution in [2.45, 2.75) is 67.2 Å². The molecular weight excluding hydrogens is 300 g/mol. The Morgan fingerprint density at radius 3 is 2.54 bits per heavy atom. The Balaban J connectivity index is 2.90. The third kappa shape index (κ3) is 6.18. The highest BCUT2D eigenvalue weighted by molar-refractivity contribution is 5.70. The second kappa shape index (κ2) is 9.71. The Hall–Kier alpha value is -1.51. The van der Waals surface area contributed by atoms with Crippen LogP contribution in [0.25, 0.3) is 0 Å². The van der Waals surface area contributed by atoms with Crippen molar-refractivity contribution in [2.75, 3.05) is 13.2 Å². The van der Waals surface area contributed by atoms with Crippen LogP contribution in [-0.4, -0.2) is 19.2 Å². The highest BCUT2D eigenvalue weighted by atomic mass is 16.5. The molecule has 1 unspecified atom stereocenters. The molecule has 0 radical (unpaired) electrons. The molecule has 0 spiro atoms. The summed E-state index contributed by atoms with van der Waals surface area (Å²) in [7, 11) is 0. The average Bonchev–Trinajstić information content (AvgIpc) is 2.50. The molecule has 0 saturated heterocycles. The smallest absolute Gasteiger partial charge is 0.306 e. The number of hydrogen-bond donors (Lipinski definition) is 0. The summed E-state index contributed by atoms with van der Waals surface area (Å²) in [6.45, 7) is 13.8. The molecule has 0 aliphatic rings. The minimum absolute atomic E-state index is 0.111. The molecule has 0 fully saturated rings. The van der Waals surface area contributed by atoms with Gasteiger partial charge in [-0.2, -0.15) is 0 Å². The second-order valence-corrected chi connectivity index (χ2v) is 7.27. The van der Waals surface area contributed by atoms with Crippen molar-refractivity contribution in [3.05, 3.63) is 29.3 Å². The van der Waals surface area contributed by atoms with Crippen LogP contribution in [0.2, 0.25) is 0 Å². The maximum Gasteiger partial charge on any atom is 0.306 e. The summed E-state index contributed by atoms with van der Waals surface area (Å²) in [5, 5.41) is 0. The van der Waals surface area contributed by atoms with Gasteiger partial charge in [0.15, 0.2) is 0 Å². The van der Waals surface area contributed by atoms with E-state index >= 15 is 0 Å². The Kier molecular flexibility index (Phi) is 8.30. The van der Waals surface area contributed by atoms with Crippen LogP contribution in [0.5, 0.6) is 5.75 Å². The first-order valence-corrected chi connectivity index (χ1v) is 9.20. The molecule has 0 amide bonds. The third-order valence-electron chi connectivity index (χ3n) is 4.86. The highest BCUT2D eigenvalue weighted by Crippen LogP contribution is 2.36. The molecule has 0 N–H and O–H groups in total. The molecule has 0 aliphatic carbocycles. The molecule has 3 heteroatoms. The number of esters is 1. The monoisotopic (exact) mass is 334 g/mol. The van der Waals surface area contributed by atoms with Crippen molar-refractivity contribution in [1.29, 1.82) is 0 Å². The minimum atomic E-state index is -0.123. The van der Waals surface area contributed by atoms with E-state index in [9.17, 15) is 4.79 Å². The largest absolute Gasteiger partial charge is 0.493 e. The predicted octanol–water partition coefficient (Wildman–Crippen LogP) is 5.33. The molecule has 24 heavy (non-hydrogen) atoms. The molecule has 1 aromatic carbocycles. The van der Waals surface area contributed by atoms with Gasteiger partial charge in [0.2, 0.25) is 0 Å². The van der Waals surface area contributed by atoms with Gasteiger partial charge >= 0.3 is 5.97 Å². The Morgan fingerprint density at radius 2 is 1.96 bits per heavy atom. The molecule has 0 aliphatic heterocycles. The fraction of sp³-hybridized carbons (Fsp3) is 0.667. The van der Waals surface area contributed by atoms with Crippen molar-refractivity contribution < 1.29 is 14.3 Å². The molecular formula is C21H34O3. The number of hydrogen-bond acceptors (Lipinski definition) is 3. The molecule has 1 aromatic rings. The standard InChI is InChI=1S/C21H34O3/c1-7-9-12-24-19-13-18(11-10-17(19)5)14-21(6,16(3)4)15-20(22)23-8-2/h10-11,13,16H,7-9,12,14-15H2,1-6H3. The van der Waals surface area contributed by atoms with Crippen molar-refractivity contribution in [2.24, 2.45) is 11.3 Å². The lowest BCUT2D eigenvalue weighted by Gasteiger charge is -2.33. The quantitative estimate of drug-likeness (QED) is 0.428. The highest BCUT2D eigenvalue weighted by Gasteiger charge is 2.32. The van der Waals surface area contributed by atoms with Crippen LogP contribution in [-0.2, 0) is 16.0 Å². The fourth-order valence-corrected chi connectivity index (χ4v) is 2.72. The summed E-state index contributed by atoms with van der Waals surface area (Å²) in [5.74, 6) is 1.23. The van der Waals surface area contributed by atoms with Gasteiger partial charge < -0.3 is 9.47 Å². The van der Waals surface area contributed by atoms with Gasteiger partial charge in [0.05, 0.1) is 19.6 Å². The first-order valence-electron chi connectivity index (χ1n) is 9.20. The van der Waals surface area contributed by atoms with Crippen LogP contribution in [0.1, 0.15) is 65.0 Å². The van der Waals surface area contributed by atoms with Crippen LogP contribution >= 0.6 is 0 Å². The summed E-state index contributed by atoms with van der Waals surface area (Å²) in [6.07, 6.45) is 3.48. The van der Waals surface area contributed by atoms with E-state index in [0.717, 1.165) is 37.2 Å². The molecule has 0 bridgehead atoms. The van der Waals surface area contributed by atoms with E-state index in [1.807, 2.05) is 6.92 Å². The van der Waals surface area contributed by atoms with Crippen LogP contribution in [0.4, 0.5) is 0 Å². The van der Waals surface area contributed by atoms with Crippen LogP contribution in [0, 0.1) is 18.3 Å². The number of carbonyl (C=O) groups excluding carboxylic acids is 1. The Labute approximate surface area is 147 Å². The number of ether oxygens (including phenoxy) is 2. The lowest BCUT2D eigenvalue weighted by molar-refractivity contribution is -0.146. The topological polar surface area (TPSA) is 35.5 Å². The number of aryl methyl sites for hydroxylation is 1. The maximum absolute atomic E-state index is 12.0. The van der Waals surface area contributed by atoms with Gasteiger partial charge in [0.25, 0.3) is 0 Å². The number of unbranched alkanes of at least 4 members (excludes halogenated alkanes) is 1. The SMILES string of the molecule is CCCCOc1cc(CC(C)(CC(=O)OCC)C(C)C)ccc1C. The lowest BCUT2D eigenvalue weighted by Crippen LogP contribution is -2.30. The van der Waals surface area contributed by atoms with Crippen molar-refractivity contribution in [3.8, 4) is 5.75 Å². The Morgan fingerprint density at radius 1 is 1.25 bits per heavy atom. The van der Waals surface area contributed by atoms with E-state index in [4.69, 9.17) is 9.47 Å². The summed E-state index contributed by atoms with van der Waals surface area (Å²) in [4.78, 5) is 12.0. The summed E-state index contributed by atoms with van der Waals surface area (Å²) in [6, 6.07) is 6.40. The van der Waals surface area contributed by atoms with E-state index in [2.05, 4.69) is 52.8 Å². The van der Waals surface area contributed by atoms with Gasteiger partial charge in [-0.05, 0) is 55.2 Å². The number of rotatable bonds is 10. The Bertz CT molecular complexity index is 522. The molecule has 0 saturated carbocycles. The van der Waals surface area contributed by atoms with Gasteiger partial charge in [-0.15, -0.1) is 0 Å². The van der Waals surface area contributed by atoms with Gasteiger partial charge in [-0.25, -0.2) is 0 Å². The van der Waals surface area contributed by atoms with E-state index in [-0.39, 0.29) is 11.4 Å². The van der Waals surface area contributed by atoms with E-state index in [1.54, 1.807) is 0 Å². The molecule has 0 aromatic heterocycles. The van der Waals surface area contributed by atoms with Gasteiger partial charge in [0.1, 0.15) is 5.75 Å². The zero-order valence-electron chi connectivity index (χ0n) is 16.3. The maximum atomic E-state index is 12.0. The normalized spacial score (nSPS) is 13.6. The summed E-state index contributed by atoms with van der Waals surface area (Å²) in [5.41, 5.74) is 2.25. The van der Waals surface area contributed by atoms with Crippen LogP contribution < -0.4 is 4.74 Å². The van der Waals surface area contributed by atoms with E-state index in [1.165, 1.54) is 5.56 Å². The minimum Gasteiger partial charge on any atom is -0.493 e. The van der Waals surface area contributed by atoms with Gasteiger partial charge in [0, 0.05) is 0 Å². The molecule has 1 atom stereocenters. The number of carbonyl (C=O) groups is 1. The first kappa shape index (κ1) is 20.5. The van der Waals surface area contributed by atoms with Gasteiger partial charge in [-0.3, -0.25) is 4.79 Å². The van der Waals surface area contributed by atoms with Crippen molar-refractivity contribution in [1.82, 2.24) is 0 Å². The van der Waals surface area contributed by atoms with E-state index in [0.29, 0.717) is 18.9 Å². The molecule has 136 valence electrons. The summed E-state index contributed by atoms with van der Waals surface area (Å²) < 4.78 is 11.1. The average molecular weight is 335 g/mol. The van der Waals surface area contributed by atoms with E-state index < -0.39 is 0 Å². The van der Waals surface area contributed by atoms with Crippen LogP contribution in [0.15, 0.2) is 18.2 Å². The first-order chi connectivity index (χ1) is 11.3.